The van der Waals surface area contributed by atoms with E-state index in [1.165, 1.54) is 38.5 Å². The van der Waals surface area contributed by atoms with E-state index in [1.54, 1.807) is 0 Å². The Bertz CT molecular complexity index is 128. The fourth-order valence-corrected chi connectivity index (χ4v) is 1.69. The average Bonchev–Trinajstić information content (AvgIpc) is 2.26. The molecule has 2 atom stereocenters. The summed E-state index contributed by atoms with van der Waals surface area (Å²) in [7, 11) is 0. The van der Waals surface area contributed by atoms with Crippen LogP contribution in [0, 0.1) is 12.8 Å². The van der Waals surface area contributed by atoms with Crippen LogP contribution in [0.25, 0.3) is 0 Å². The molecule has 16 heavy (non-hydrogen) atoms. The van der Waals surface area contributed by atoms with E-state index in [0.29, 0.717) is 0 Å². The highest BCUT2D eigenvalue weighted by Crippen LogP contribution is 2.14. The molecule has 0 aliphatic heterocycles. The minimum Gasteiger partial charge on any atom is -0.378 e. The van der Waals surface area contributed by atoms with E-state index in [1.807, 2.05) is 0 Å². The van der Waals surface area contributed by atoms with Crippen LogP contribution in [-0.4, -0.2) is 35.8 Å². The zero-order valence-corrected chi connectivity index (χ0v) is 10.9. The van der Waals surface area contributed by atoms with Gasteiger partial charge in [-0.05, 0) is 25.7 Å². The fourth-order valence-electron chi connectivity index (χ4n) is 1.69. The molecule has 95 valence electrons. The minimum absolute atomic E-state index is 0. The molecule has 0 rings (SSSR count). The molecule has 0 aliphatic rings. The first-order chi connectivity index (χ1) is 7.24. The summed E-state index contributed by atoms with van der Waals surface area (Å²) in [5.41, 5.74) is 0. The average molecular weight is 240 g/mol. The molecule has 0 N–H and O–H groups in total. The predicted molar refractivity (Wildman–Crippen MR) is 76.5 cm³/mol. The highest BCUT2D eigenvalue weighted by molar-refractivity contribution is 5.75. The Morgan fingerprint density at radius 2 is 1.56 bits per heavy atom. The molecule has 1 nitrogen and oxygen atoms in total. The summed E-state index contributed by atoms with van der Waals surface area (Å²) >= 11 is 0. The van der Waals surface area contributed by atoms with Gasteiger partial charge in [0, 0.05) is 6.61 Å². The molecule has 0 saturated carbocycles. The molecule has 0 saturated heterocycles. The van der Waals surface area contributed by atoms with E-state index >= 15 is 0 Å². The molecule has 2 unspecified atom stereocenters. The molecule has 0 amide bonds. The lowest BCUT2D eigenvalue weighted by molar-refractivity contribution is 0.0456. The monoisotopic (exact) mass is 239 g/mol. The van der Waals surface area contributed by atoms with E-state index < -0.39 is 0 Å². The zero-order chi connectivity index (χ0) is 11.5. The van der Waals surface area contributed by atoms with Gasteiger partial charge in [-0.3, -0.25) is 0 Å². The molecular weight excluding hydrogens is 208 g/mol. The van der Waals surface area contributed by atoms with E-state index in [4.69, 9.17) is 4.74 Å². The molecule has 1 radical (unpaired) electrons. The first kappa shape index (κ1) is 19.1. The van der Waals surface area contributed by atoms with Crippen molar-refractivity contribution in [1.29, 1.82) is 0 Å². The third-order valence-corrected chi connectivity index (χ3v) is 2.99. The van der Waals surface area contributed by atoms with Crippen molar-refractivity contribution in [2.75, 3.05) is 6.61 Å². The second kappa shape index (κ2) is 13.8. The lowest BCUT2D eigenvalue weighted by Crippen LogP contribution is -2.15. The highest BCUT2D eigenvalue weighted by atomic mass is 24.3. The van der Waals surface area contributed by atoms with Gasteiger partial charge in [0.1, 0.15) is 0 Å². The fraction of sp³-hybridized carbons (Fsp3) is 0.929. The Morgan fingerprint density at radius 3 is 2.06 bits per heavy atom. The van der Waals surface area contributed by atoms with Gasteiger partial charge in [0.25, 0.3) is 0 Å². The van der Waals surface area contributed by atoms with Gasteiger partial charge in [-0.25, -0.2) is 0 Å². The van der Waals surface area contributed by atoms with Gasteiger partial charge in [0.05, 0.1) is 6.10 Å². The maximum Gasteiger partial charge on any atom is 0.316 e. The lowest BCUT2D eigenvalue weighted by atomic mass is 10.0. The van der Waals surface area contributed by atoms with E-state index in [0.717, 1.165) is 18.9 Å². The summed E-state index contributed by atoms with van der Waals surface area (Å²) in [5.74, 6) is 0.746. The molecule has 0 spiro atoms. The Hall–Kier alpha value is 0.726. The van der Waals surface area contributed by atoms with Crippen LogP contribution in [0.4, 0.5) is 0 Å². The minimum atomic E-state index is 0. The van der Waals surface area contributed by atoms with E-state index in [9.17, 15) is 0 Å². The van der Waals surface area contributed by atoms with Crippen LogP contribution >= 0.6 is 0 Å². The summed E-state index contributed by atoms with van der Waals surface area (Å²) in [6.45, 7) is 11.7. The van der Waals surface area contributed by atoms with Crippen molar-refractivity contribution in [3.8, 4) is 0 Å². The van der Waals surface area contributed by atoms with Crippen molar-refractivity contribution in [1.82, 2.24) is 0 Å². The maximum absolute atomic E-state index is 5.78. The van der Waals surface area contributed by atoms with Gasteiger partial charge < -0.3 is 4.74 Å². The molecule has 0 aromatic rings. The largest absolute Gasteiger partial charge is 0.378 e. The summed E-state index contributed by atoms with van der Waals surface area (Å²) in [6, 6.07) is 0. The van der Waals surface area contributed by atoms with E-state index in [2.05, 4.69) is 27.7 Å². The Kier molecular flexibility index (Phi) is 16.4. The predicted octanol–water partition coefficient (Wildman–Crippen LogP) is 3.70. The first-order valence-electron chi connectivity index (χ1n) is 6.69. The van der Waals surface area contributed by atoms with Gasteiger partial charge in [-0.1, -0.05) is 52.9 Å². The lowest BCUT2D eigenvalue weighted by Gasteiger charge is -2.18. The first-order valence-corrected chi connectivity index (χ1v) is 6.69. The zero-order valence-electron chi connectivity index (χ0n) is 10.9. The number of ether oxygens (including phenoxy) is 1. The quantitative estimate of drug-likeness (QED) is 0.529. The van der Waals surface area contributed by atoms with Gasteiger partial charge in [-0.15, -0.1) is 0 Å². The van der Waals surface area contributed by atoms with Crippen LogP contribution < -0.4 is 0 Å². The topological polar surface area (TPSA) is 9.23 Å². The molecule has 0 bridgehead atoms. The van der Waals surface area contributed by atoms with E-state index in [-0.39, 0.29) is 29.2 Å². The van der Waals surface area contributed by atoms with Crippen LogP contribution in [-0.2, 0) is 4.74 Å². The molecule has 0 aliphatic carbocycles. The number of hydrogen-bond acceptors (Lipinski definition) is 1. The van der Waals surface area contributed by atoms with Crippen LogP contribution in [0.1, 0.15) is 65.7 Å². The highest BCUT2D eigenvalue weighted by Gasteiger charge is 2.08. The van der Waals surface area contributed by atoms with Crippen molar-refractivity contribution < 1.29 is 4.74 Å². The van der Waals surface area contributed by atoms with Crippen molar-refractivity contribution in [3.05, 3.63) is 6.92 Å². The number of hydrogen-bond donors (Lipinski definition) is 0. The molecule has 2 heteroatoms. The summed E-state index contributed by atoms with van der Waals surface area (Å²) in [5, 5.41) is 0. The molecule has 0 heterocycles. The molecular formula is C14H31MgO. The molecule has 0 aromatic carbocycles. The van der Waals surface area contributed by atoms with Crippen LogP contribution in [0.5, 0.6) is 0 Å². The summed E-state index contributed by atoms with van der Waals surface area (Å²) in [6.07, 6.45) is 8.97. The Balaban J connectivity index is 0. The van der Waals surface area contributed by atoms with Crippen molar-refractivity contribution in [2.24, 2.45) is 5.92 Å². The smallest absolute Gasteiger partial charge is 0.316 e. The second-order valence-corrected chi connectivity index (χ2v) is 4.51. The van der Waals surface area contributed by atoms with Gasteiger partial charge in [0.2, 0.25) is 0 Å². The van der Waals surface area contributed by atoms with Crippen molar-refractivity contribution >= 4 is 23.1 Å². The Labute approximate surface area is 119 Å². The number of rotatable bonds is 10. The van der Waals surface area contributed by atoms with Gasteiger partial charge in [0.15, 0.2) is 0 Å². The summed E-state index contributed by atoms with van der Waals surface area (Å²) in [4.78, 5) is 0. The second-order valence-electron chi connectivity index (χ2n) is 4.51. The SMILES string of the molecule is [CH2]C(CCCC)OCC(CC)CCCC.[MgH2]. The van der Waals surface area contributed by atoms with Crippen molar-refractivity contribution in [2.45, 2.75) is 71.8 Å². The van der Waals surface area contributed by atoms with Gasteiger partial charge in [-0.2, -0.15) is 0 Å². The van der Waals surface area contributed by atoms with Gasteiger partial charge >= 0.3 is 23.1 Å². The third-order valence-electron chi connectivity index (χ3n) is 2.99. The third kappa shape index (κ3) is 11.2. The van der Waals surface area contributed by atoms with Crippen LogP contribution in [0.2, 0.25) is 0 Å². The Morgan fingerprint density at radius 1 is 1.00 bits per heavy atom. The number of unbranched alkanes of at least 4 members (excludes halogenated alkanes) is 2. The van der Waals surface area contributed by atoms with Crippen LogP contribution in [0.15, 0.2) is 0 Å². The standard InChI is InChI=1S/C14H29O.Mg.2H/c1-5-8-10-13(4)15-12-14(7-3)11-9-6-2;;;/h13-14H,4-12H2,1-3H3;;;. The molecule has 0 aromatic heterocycles. The normalized spacial score (nSPS) is 14.2. The van der Waals surface area contributed by atoms with Crippen LogP contribution in [0.3, 0.4) is 0 Å². The summed E-state index contributed by atoms with van der Waals surface area (Å²) < 4.78 is 5.78. The van der Waals surface area contributed by atoms with Crippen molar-refractivity contribution in [3.63, 3.8) is 0 Å². The maximum atomic E-state index is 5.78. The molecule has 0 fully saturated rings.